The Bertz CT molecular complexity index is 1560. The van der Waals surface area contributed by atoms with Gasteiger partial charge in [-0.05, 0) is 93.2 Å². The van der Waals surface area contributed by atoms with Gasteiger partial charge in [0, 0.05) is 47.6 Å². The minimum Gasteiger partial charge on any atom is -0.0648 e. The third-order valence-corrected chi connectivity index (χ3v) is 12.3. The molecule has 4 unspecified atom stereocenters. The quantitative estimate of drug-likeness (QED) is 0.129. The first-order chi connectivity index (χ1) is 22.0. The van der Waals surface area contributed by atoms with E-state index in [1.165, 1.54) is 69.4 Å². The number of fused-ring (bicyclic) bond motifs is 2. The van der Waals surface area contributed by atoms with Gasteiger partial charge >= 0.3 is 0 Å². The van der Waals surface area contributed by atoms with Gasteiger partial charge in [0.15, 0.2) is 0 Å². The van der Waals surface area contributed by atoms with Gasteiger partial charge < -0.3 is 0 Å². The van der Waals surface area contributed by atoms with E-state index in [1.807, 2.05) is 0 Å². The molecule has 0 nitrogen and oxygen atoms in total. The topological polar surface area (TPSA) is 0 Å². The zero-order valence-corrected chi connectivity index (χ0v) is 32.2. The summed E-state index contributed by atoms with van der Waals surface area (Å²) in [4.78, 5) is 0. The van der Waals surface area contributed by atoms with Crippen LogP contribution < -0.4 is 0 Å². The molecule has 0 aromatic heterocycles. The number of benzene rings is 4. The minimum absolute atomic E-state index is 0. The minimum atomic E-state index is 0. The number of rotatable bonds is 12. The Balaban J connectivity index is 0.00000417. The van der Waals surface area contributed by atoms with Gasteiger partial charge in [0.05, 0.1) is 0 Å². The molecule has 2 heteroatoms. The number of hydrogen-bond donors (Lipinski definition) is 0. The summed E-state index contributed by atoms with van der Waals surface area (Å²) in [6, 6.07) is 35.3. The van der Waals surface area contributed by atoms with Gasteiger partial charge in [0.25, 0.3) is 0 Å². The van der Waals surface area contributed by atoms with Crippen LogP contribution in [0.3, 0.4) is 0 Å². The van der Waals surface area contributed by atoms with E-state index < -0.39 is 0 Å². The molecule has 0 N–H and O–H groups in total. The predicted molar refractivity (Wildman–Crippen MR) is 199 cm³/mol. The summed E-state index contributed by atoms with van der Waals surface area (Å²) in [5, 5.41) is 0. The van der Waals surface area contributed by atoms with Crippen LogP contribution in [0.15, 0.2) is 96.1 Å². The third-order valence-electron chi connectivity index (χ3n) is 10.9. The van der Waals surface area contributed by atoms with E-state index in [9.17, 15) is 0 Å². The molecule has 4 aromatic carbocycles. The van der Waals surface area contributed by atoms with Gasteiger partial charge in [0.2, 0.25) is 0 Å². The van der Waals surface area contributed by atoms with Crippen molar-refractivity contribution < 1.29 is 26.2 Å². The van der Waals surface area contributed by atoms with Gasteiger partial charge in [-0.15, -0.1) is 0 Å². The van der Waals surface area contributed by atoms with E-state index in [2.05, 4.69) is 139 Å². The van der Waals surface area contributed by atoms with E-state index in [4.69, 9.17) is 0 Å². The average Bonchev–Trinajstić information content (AvgIpc) is 3.65. The van der Waals surface area contributed by atoms with E-state index in [-0.39, 0.29) is 26.2 Å². The van der Waals surface area contributed by atoms with Crippen molar-refractivity contribution in [2.45, 2.75) is 103 Å². The standard InChI is InChI=1S/C44H50Si.Zr/c1-7-29(5)33-17-21-35(22-18-33)37-13-11-15-39-41(37)25-31(9-3)43(39)27-45-28-44-32(10-4)26-42-38(14-12-16-40(42)44)36-23-19-34(20-24-36)30(6)8-2;/h11-26,29-30,43-44H,7-10,27-28H2,1-6H3;. The predicted octanol–water partition coefficient (Wildman–Crippen LogP) is 13.1. The van der Waals surface area contributed by atoms with Crippen LogP contribution in [-0.2, 0) is 26.2 Å². The maximum Gasteiger partial charge on any atom is 0.0397 e. The van der Waals surface area contributed by atoms with E-state index in [0.717, 1.165) is 22.4 Å². The first-order valence-corrected chi connectivity index (χ1v) is 19.0. The van der Waals surface area contributed by atoms with Crippen LogP contribution in [0, 0.1) is 0 Å². The van der Waals surface area contributed by atoms with Crippen LogP contribution in [-0.4, -0.2) is 9.52 Å². The Morgan fingerprint density at radius 2 is 0.935 bits per heavy atom. The average molecular weight is 698 g/mol. The second-order valence-electron chi connectivity index (χ2n) is 13.4. The molecule has 0 heterocycles. The second-order valence-corrected chi connectivity index (χ2v) is 14.7. The van der Waals surface area contributed by atoms with Crippen LogP contribution in [0.25, 0.3) is 34.4 Å². The molecule has 2 aliphatic carbocycles. The normalized spacial score (nSPS) is 17.9. The fraction of sp³-hybridized carbons (Fsp3) is 0.364. The van der Waals surface area contributed by atoms with Crippen molar-refractivity contribution in [2.75, 3.05) is 0 Å². The summed E-state index contributed by atoms with van der Waals surface area (Å²) in [7, 11) is 0.937. The maximum absolute atomic E-state index is 2.53. The van der Waals surface area contributed by atoms with Gasteiger partial charge in [-0.2, -0.15) is 0 Å². The van der Waals surface area contributed by atoms with Crippen molar-refractivity contribution in [1.82, 2.24) is 0 Å². The molecule has 234 valence electrons. The van der Waals surface area contributed by atoms with Gasteiger partial charge in [0.1, 0.15) is 0 Å². The summed E-state index contributed by atoms with van der Waals surface area (Å²) < 4.78 is 0. The van der Waals surface area contributed by atoms with Gasteiger partial charge in [-0.3, -0.25) is 0 Å². The van der Waals surface area contributed by atoms with Crippen molar-refractivity contribution in [1.29, 1.82) is 0 Å². The molecule has 0 saturated carbocycles. The molecular formula is C44H50SiZr. The van der Waals surface area contributed by atoms with Crippen molar-refractivity contribution >= 4 is 21.7 Å². The fourth-order valence-electron chi connectivity index (χ4n) is 7.58. The smallest absolute Gasteiger partial charge is 0.0397 e. The molecular weight excluding hydrogens is 648 g/mol. The van der Waals surface area contributed by atoms with Crippen molar-refractivity contribution in [3.05, 3.63) is 129 Å². The van der Waals surface area contributed by atoms with E-state index in [0.29, 0.717) is 23.7 Å². The molecule has 0 amide bonds. The zero-order chi connectivity index (χ0) is 31.5. The second kappa shape index (κ2) is 15.6. The molecule has 4 atom stereocenters. The van der Waals surface area contributed by atoms with Gasteiger partial charge in [-0.1, -0.05) is 162 Å². The first kappa shape index (κ1) is 34.8. The Kier molecular flexibility index (Phi) is 11.8. The molecule has 0 bridgehead atoms. The third kappa shape index (κ3) is 6.86. The van der Waals surface area contributed by atoms with E-state index >= 15 is 0 Å². The molecule has 0 saturated heterocycles. The molecule has 6 rings (SSSR count). The Labute approximate surface area is 300 Å². The Morgan fingerprint density at radius 3 is 1.28 bits per heavy atom. The molecule has 2 aliphatic rings. The molecule has 0 aliphatic heterocycles. The van der Waals surface area contributed by atoms with Crippen molar-refractivity contribution in [3.63, 3.8) is 0 Å². The van der Waals surface area contributed by atoms with E-state index in [1.54, 1.807) is 22.3 Å². The van der Waals surface area contributed by atoms with Crippen molar-refractivity contribution in [3.8, 4) is 22.3 Å². The molecule has 2 radical (unpaired) electrons. The van der Waals surface area contributed by atoms with Crippen molar-refractivity contribution in [2.24, 2.45) is 0 Å². The summed E-state index contributed by atoms with van der Waals surface area (Å²) in [6.45, 7) is 13.9. The SMILES string of the molecule is CCC1=Cc2c(-c3ccc(C(C)CC)cc3)cccc2C1C[Si]CC1C(CC)=Cc2c(-c3ccc(C(C)CC)cc3)cccc21.[Zr]. The van der Waals surface area contributed by atoms with Crippen LogP contribution in [0.2, 0.25) is 12.1 Å². The molecule has 4 aromatic rings. The van der Waals surface area contributed by atoms with Crippen LogP contribution in [0.5, 0.6) is 0 Å². The molecule has 0 fully saturated rings. The fourth-order valence-corrected chi connectivity index (χ4v) is 9.28. The molecule has 46 heavy (non-hydrogen) atoms. The number of allylic oxidation sites excluding steroid dienone is 2. The summed E-state index contributed by atoms with van der Waals surface area (Å²) >= 11 is 0. The summed E-state index contributed by atoms with van der Waals surface area (Å²) in [5.74, 6) is 2.32. The van der Waals surface area contributed by atoms with Crippen LogP contribution >= 0.6 is 0 Å². The Morgan fingerprint density at radius 1 is 0.543 bits per heavy atom. The Hall–Kier alpha value is -2.54. The molecule has 0 spiro atoms. The summed E-state index contributed by atoms with van der Waals surface area (Å²) in [5.41, 5.74) is 17.6. The summed E-state index contributed by atoms with van der Waals surface area (Å²) in [6.07, 6.45) is 9.68. The first-order valence-electron chi connectivity index (χ1n) is 17.5. The number of hydrogen-bond acceptors (Lipinski definition) is 0. The monoisotopic (exact) mass is 696 g/mol. The maximum atomic E-state index is 2.53. The van der Waals surface area contributed by atoms with Gasteiger partial charge in [-0.25, -0.2) is 0 Å². The zero-order valence-electron chi connectivity index (χ0n) is 28.8. The van der Waals surface area contributed by atoms with Crippen LogP contribution in [0.4, 0.5) is 0 Å². The largest absolute Gasteiger partial charge is 0.0648 e. The van der Waals surface area contributed by atoms with Crippen LogP contribution in [0.1, 0.15) is 124 Å².